The van der Waals surface area contributed by atoms with E-state index < -0.39 is 0 Å². The number of halogens is 2. The van der Waals surface area contributed by atoms with E-state index >= 15 is 0 Å². The maximum Gasteiger partial charge on any atom is 0.140 e. The third kappa shape index (κ3) is 3.57. The Morgan fingerprint density at radius 2 is 2.24 bits per heavy atom. The monoisotopic (exact) mass is 317 g/mol. The Balaban J connectivity index is 1.97. The van der Waals surface area contributed by atoms with Crippen molar-refractivity contribution in [1.82, 2.24) is 10.3 Å². The van der Waals surface area contributed by atoms with Gasteiger partial charge in [-0.2, -0.15) is 0 Å². The lowest BCUT2D eigenvalue weighted by molar-refractivity contribution is 0.247. The predicted molar refractivity (Wildman–Crippen MR) is 75.6 cm³/mol. The lowest BCUT2D eigenvalue weighted by Gasteiger charge is -2.34. The molecule has 2 heterocycles. The van der Waals surface area contributed by atoms with Crippen LogP contribution in [0.4, 0.5) is 5.82 Å². The third-order valence-electron chi connectivity index (χ3n) is 3.30. The Kier molecular flexibility index (Phi) is 4.28. The first-order valence-electron chi connectivity index (χ1n) is 5.85. The van der Waals surface area contributed by atoms with Crippen molar-refractivity contribution in [2.75, 3.05) is 25.0 Å². The van der Waals surface area contributed by atoms with Crippen molar-refractivity contribution in [3.05, 3.63) is 21.8 Å². The van der Waals surface area contributed by atoms with E-state index in [9.17, 15) is 0 Å². The minimum Gasteiger partial charge on any atom is -0.369 e. The highest BCUT2D eigenvalue weighted by atomic mass is 79.9. The SMILES string of the molecule is CC1(CNc2ncc(Cl)cc2Br)CCNCC1. The summed E-state index contributed by atoms with van der Waals surface area (Å²) in [7, 11) is 0. The lowest BCUT2D eigenvalue weighted by atomic mass is 9.81. The van der Waals surface area contributed by atoms with Gasteiger partial charge in [0.25, 0.3) is 0 Å². The summed E-state index contributed by atoms with van der Waals surface area (Å²) in [5.74, 6) is 0.870. The van der Waals surface area contributed by atoms with Crippen LogP contribution in [0.5, 0.6) is 0 Å². The van der Waals surface area contributed by atoms with Gasteiger partial charge in [-0.05, 0) is 53.3 Å². The van der Waals surface area contributed by atoms with E-state index in [1.165, 1.54) is 12.8 Å². The molecule has 0 unspecified atom stereocenters. The number of piperidine rings is 1. The molecule has 0 spiro atoms. The Hall–Kier alpha value is -0.320. The molecule has 1 aliphatic heterocycles. The fraction of sp³-hybridized carbons (Fsp3) is 0.583. The first-order chi connectivity index (χ1) is 8.09. The maximum absolute atomic E-state index is 5.86. The Morgan fingerprint density at radius 1 is 1.53 bits per heavy atom. The molecule has 0 amide bonds. The van der Waals surface area contributed by atoms with Gasteiger partial charge >= 0.3 is 0 Å². The lowest BCUT2D eigenvalue weighted by Crippen LogP contribution is -2.39. The van der Waals surface area contributed by atoms with Crippen LogP contribution in [0.2, 0.25) is 5.02 Å². The van der Waals surface area contributed by atoms with E-state index in [1.807, 2.05) is 6.07 Å². The molecule has 1 fully saturated rings. The van der Waals surface area contributed by atoms with Crippen molar-refractivity contribution in [3.63, 3.8) is 0 Å². The molecule has 0 atom stereocenters. The normalized spacial score (nSPS) is 19.0. The van der Waals surface area contributed by atoms with Gasteiger partial charge < -0.3 is 10.6 Å². The summed E-state index contributed by atoms with van der Waals surface area (Å²) in [5.41, 5.74) is 0.353. The van der Waals surface area contributed by atoms with Crippen molar-refractivity contribution >= 4 is 33.3 Å². The minimum atomic E-state index is 0.353. The number of rotatable bonds is 3. The molecule has 3 nitrogen and oxygen atoms in total. The number of pyridine rings is 1. The average Bonchev–Trinajstić information content (AvgIpc) is 2.29. The summed E-state index contributed by atoms with van der Waals surface area (Å²) in [6, 6.07) is 1.86. The minimum absolute atomic E-state index is 0.353. The van der Waals surface area contributed by atoms with Gasteiger partial charge in [-0.3, -0.25) is 0 Å². The largest absolute Gasteiger partial charge is 0.369 e. The standard InChI is InChI=1S/C12H17BrClN3/c1-12(2-4-15-5-3-12)8-17-11-10(13)6-9(14)7-16-11/h6-7,15H,2-5,8H2,1H3,(H,16,17). The molecule has 5 heteroatoms. The van der Waals surface area contributed by atoms with Crippen LogP contribution >= 0.6 is 27.5 Å². The number of nitrogens with zero attached hydrogens (tertiary/aromatic N) is 1. The summed E-state index contributed by atoms with van der Waals surface area (Å²) >= 11 is 9.33. The molecule has 2 rings (SSSR count). The Morgan fingerprint density at radius 3 is 2.88 bits per heavy atom. The summed E-state index contributed by atoms with van der Waals surface area (Å²) < 4.78 is 0.919. The Bertz CT molecular complexity index is 391. The van der Waals surface area contributed by atoms with Crippen LogP contribution in [-0.2, 0) is 0 Å². The molecule has 17 heavy (non-hydrogen) atoms. The van der Waals surface area contributed by atoms with Crippen LogP contribution in [0, 0.1) is 5.41 Å². The molecule has 1 saturated heterocycles. The molecular formula is C12H17BrClN3. The highest BCUT2D eigenvalue weighted by Crippen LogP contribution is 2.30. The quantitative estimate of drug-likeness (QED) is 0.898. The highest BCUT2D eigenvalue weighted by molar-refractivity contribution is 9.10. The molecule has 0 radical (unpaired) electrons. The topological polar surface area (TPSA) is 37.0 Å². The van der Waals surface area contributed by atoms with Crippen LogP contribution in [-0.4, -0.2) is 24.6 Å². The molecular weight excluding hydrogens is 302 g/mol. The molecule has 0 aromatic carbocycles. The van der Waals surface area contributed by atoms with E-state index in [2.05, 4.69) is 38.5 Å². The zero-order valence-electron chi connectivity index (χ0n) is 9.89. The molecule has 0 bridgehead atoms. The summed E-state index contributed by atoms with van der Waals surface area (Å²) in [6.07, 6.45) is 4.07. The van der Waals surface area contributed by atoms with E-state index in [4.69, 9.17) is 11.6 Å². The molecule has 1 aromatic rings. The third-order valence-corrected chi connectivity index (χ3v) is 4.11. The Labute approximate surface area is 115 Å². The van der Waals surface area contributed by atoms with Gasteiger partial charge in [0.05, 0.1) is 9.50 Å². The van der Waals surface area contributed by atoms with Crippen LogP contribution in [0.1, 0.15) is 19.8 Å². The van der Waals surface area contributed by atoms with Crippen molar-refractivity contribution < 1.29 is 0 Å². The number of hydrogen-bond donors (Lipinski definition) is 2. The van der Waals surface area contributed by atoms with E-state index in [1.54, 1.807) is 6.20 Å². The van der Waals surface area contributed by atoms with E-state index in [0.717, 1.165) is 29.9 Å². The number of hydrogen-bond acceptors (Lipinski definition) is 3. The fourth-order valence-corrected chi connectivity index (χ4v) is 2.83. The van der Waals surface area contributed by atoms with Crippen molar-refractivity contribution in [2.24, 2.45) is 5.41 Å². The van der Waals surface area contributed by atoms with Crippen LogP contribution in [0.15, 0.2) is 16.7 Å². The average molecular weight is 319 g/mol. The second-order valence-electron chi connectivity index (χ2n) is 4.90. The second kappa shape index (κ2) is 5.55. The van der Waals surface area contributed by atoms with Gasteiger partial charge in [-0.25, -0.2) is 4.98 Å². The molecule has 1 aliphatic rings. The van der Waals surface area contributed by atoms with Gasteiger partial charge in [0.1, 0.15) is 5.82 Å². The first-order valence-corrected chi connectivity index (χ1v) is 7.02. The van der Waals surface area contributed by atoms with Gasteiger partial charge in [-0.1, -0.05) is 18.5 Å². The maximum atomic E-state index is 5.86. The predicted octanol–water partition coefficient (Wildman–Crippen LogP) is 3.30. The van der Waals surface area contributed by atoms with E-state index in [-0.39, 0.29) is 0 Å². The number of anilines is 1. The summed E-state index contributed by atoms with van der Waals surface area (Å²) in [5, 5.41) is 7.44. The smallest absolute Gasteiger partial charge is 0.140 e. The van der Waals surface area contributed by atoms with Crippen LogP contribution < -0.4 is 10.6 Å². The molecule has 2 N–H and O–H groups in total. The first kappa shape index (κ1) is 13.1. The van der Waals surface area contributed by atoms with E-state index in [0.29, 0.717) is 10.4 Å². The number of aromatic nitrogens is 1. The highest BCUT2D eigenvalue weighted by Gasteiger charge is 2.26. The molecule has 0 aliphatic carbocycles. The summed E-state index contributed by atoms with van der Waals surface area (Å²) in [4.78, 5) is 4.29. The molecule has 94 valence electrons. The number of nitrogens with one attached hydrogen (secondary N) is 2. The molecule has 1 aromatic heterocycles. The van der Waals surface area contributed by atoms with Crippen molar-refractivity contribution in [2.45, 2.75) is 19.8 Å². The summed E-state index contributed by atoms with van der Waals surface area (Å²) in [6.45, 7) is 5.48. The molecule has 0 saturated carbocycles. The van der Waals surface area contributed by atoms with Crippen molar-refractivity contribution in [3.8, 4) is 0 Å². The van der Waals surface area contributed by atoms with Gasteiger partial charge in [-0.15, -0.1) is 0 Å². The van der Waals surface area contributed by atoms with Crippen molar-refractivity contribution in [1.29, 1.82) is 0 Å². The van der Waals surface area contributed by atoms with Gasteiger partial charge in [0.2, 0.25) is 0 Å². The fourth-order valence-electron chi connectivity index (χ4n) is 2.05. The second-order valence-corrected chi connectivity index (χ2v) is 6.19. The van der Waals surface area contributed by atoms with Gasteiger partial charge in [0, 0.05) is 12.7 Å². The van der Waals surface area contributed by atoms with Crippen LogP contribution in [0.3, 0.4) is 0 Å². The zero-order chi connectivity index (χ0) is 12.3. The van der Waals surface area contributed by atoms with Gasteiger partial charge in [0.15, 0.2) is 0 Å². The zero-order valence-corrected chi connectivity index (χ0v) is 12.2. The van der Waals surface area contributed by atoms with Crippen LogP contribution in [0.25, 0.3) is 0 Å².